The zero-order valence-electron chi connectivity index (χ0n) is 18.7. The molecule has 2 amide bonds. The van der Waals surface area contributed by atoms with Gasteiger partial charge in [0, 0.05) is 39.3 Å². The predicted octanol–water partition coefficient (Wildman–Crippen LogP) is 1.81. The molecule has 174 valence electrons. The van der Waals surface area contributed by atoms with Gasteiger partial charge in [-0.3, -0.25) is 4.90 Å². The van der Waals surface area contributed by atoms with Crippen LogP contribution in [0.2, 0.25) is 0 Å². The Kier molecular flexibility index (Phi) is 8.49. The van der Waals surface area contributed by atoms with Gasteiger partial charge in [-0.2, -0.15) is 0 Å². The molecule has 8 nitrogen and oxygen atoms in total. The van der Waals surface area contributed by atoms with Gasteiger partial charge in [0.15, 0.2) is 0 Å². The fraction of sp³-hybridized carbons (Fsp3) is 0.435. The lowest BCUT2D eigenvalue weighted by Crippen LogP contribution is -2.51. The van der Waals surface area contributed by atoms with Gasteiger partial charge in [-0.25, -0.2) is 17.9 Å². The van der Waals surface area contributed by atoms with Gasteiger partial charge in [0.2, 0.25) is 10.0 Å². The SMILES string of the molecule is CNS(=O)(=O)Cc1ccc(CNC(=O)N2CCN(CCc3ccc(OC)cc3)CC2)cc1. The highest BCUT2D eigenvalue weighted by Crippen LogP contribution is 2.13. The summed E-state index contributed by atoms with van der Waals surface area (Å²) in [5.74, 6) is 0.810. The molecule has 9 heteroatoms. The molecule has 32 heavy (non-hydrogen) atoms. The number of methoxy groups -OCH3 is 1. The van der Waals surface area contributed by atoms with E-state index in [0.717, 1.165) is 37.4 Å². The maximum absolute atomic E-state index is 12.5. The zero-order valence-corrected chi connectivity index (χ0v) is 19.5. The fourth-order valence-corrected chi connectivity index (χ4v) is 4.36. The van der Waals surface area contributed by atoms with E-state index in [1.54, 1.807) is 19.2 Å². The van der Waals surface area contributed by atoms with Crippen molar-refractivity contribution in [1.82, 2.24) is 19.8 Å². The van der Waals surface area contributed by atoms with Crippen LogP contribution < -0.4 is 14.8 Å². The van der Waals surface area contributed by atoms with Crippen molar-refractivity contribution in [1.29, 1.82) is 0 Å². The predicted molar refractivity (Wildman–Crippen MR) is 125 cm³/mol. The van der Waals surface area contributed by atoms with Gasteiger partial charge in [0.1, 0.15) is 5.75 Å². The molecule has 0 unspecified atom stereocenters. The number of ether oxygens (including phenoxy) is 1. The second-order valence-electron chi connectivity index (χ2n) is 7.87. The third kappa shape index (κ3) is 7.22. The maximum Gasteiger partial charge on any atom is 0.317 e. The van der Waals surface area contributed by atoms with Crippen LogP contribution in [0.1, 0.15) is 16.7 Å². The van der Waals surface area contributed by atoms with Crippen molar-refractivity contribution in [2.45, 2.75) is 18.7 Å². The van der Waals surface area contributed by atoms with Gasteiger partial charge in [0.25, 0.3) is 0 Å². The molecule has 1 heterocycles. The molecular formula is C23H32N4O4S. The molecule has 0 radical (unpaired) electrons. The zero-order chi connectivity index (χ0) is 23.0. The number of rotatable bonds is 9. The summed E-state index contributed by atoms with van der Waals surface area (Å²) in [4.78, 5) is 16.7. The van der Waals surface area contributed by atoms with Crippen LogP contribution in [0.4, 0.5) is 4.79 Å². The van der Waals surface area contributed by atoms with Crippen LogP contribution >= 0.6 is 0 Å². The molecule has 1 aliphatic rings. The molecule has 0 saturated carbocycles. The van der Waals surface area contributed by atoms with Gasteiger partial charge in [-0.15, -0.1) is 0 Å². The Morgan fingerprint density at radius 3 is 2.12 bits per heavy atom. The summed E-state index contributed by atoms with van der Waals surface area (Å²) < 4.78 is 30.7. The van der Waals surface area contributed by atoms with E-state index in [1.807, 2.05) is 29.2 Å². The number of amides is 2. The van der Waals surface area contributed by atoms with E-state index in [1.165, 1.54) is 12.6 Å². The summed E-state index contributed by atoms with van der Waals surface area (Å²) in [7, 11) is -0.218. The second kappa shape index (κ2) is 11.3. The van der Waals surface area contributed by atoms with Crippen molar-refractivity contribution in [2.24, 2.45) is 0 Å². The van der Waals surface area contributed by atoms with Crippen molar-refractivity contribution in [3.05, 3.63) is 65.2 Å². The van der Waals surface area contributed by atoms with E-state index < -0.39 is 10.0 Å². The van der Waals surface area contributed by atoms with E-state index in [4.69, 9.17) is 4.74 Å². The number of carbonyl (C=O) groups excluding carboxylic acids is 1. The Balaban J connectivity index is 1.37. The summed E-state index contributed by atoms with van der Waals surface area (Å²) in [6.45, 7) is 4.51. The number of piperazine rings is 1. The molecule has 0 bridgehead atoms. The molecule has 1 fully saturated rings. The highest BCUT2D eigenvalue weighted by atomic mass is 32.2. The topological polar surface area (TPSA) is 91.0 Å². The van der Waals surface area contributed by atoms with Gasteiger partial charge in [-0.1, -0.05) is 36.4 Å². The number of urea groups is 1. The highest BCUT2D eigenvalue weighted by Gasteiger charge is 2.20. The first-order valence-corrected chi connectivity index (χ1v) is 12.4. The lowest BCUT2D eigenvalue weighted by Gasteiger charge is -2.34. The van der Waals surface area contributed by atoms with Crippen LogP contribution in [-0.4, -0.2) is 71.1 Å². The lowest BCUT2D eigenvalue weighted by atomic mass is 10.1. The van der Waals surface area contributed by atoms with Crippen molar-refractivity contribution >= 4 is 16.1 Å². The first-order chi connectivity index (χ1) is 15.4. The van der Waals surface area contributed by atoms with E-state index >= 15 is 0 Å². The molecule has 0 atom stereocenters. The van der Waals surface area contributed by atoms with Crippen LogP contribution in [0.25, 0.3) is 0 Å². The van der Waals surface area contributed by atoms with Crippen LogP contribution in [0.5, 0.6) is 5.75 Å². The van der Waals surface area contributed by atoms with Crippen LogP contribution in [0, 0.1) is 0 Å². The first-order valence-electron chi connectivity index (χ1n) is 10.8. The van der Waals surface area contributed by atoms with E-state index in [2.05, 4.69) is 27.1 Å². The minimum absolute atomic E-state index is 0.0567. The molecule has 0 spiro atoms. The van der Waals surface area contributed by atoms with Crippen LogP contribution in [0.3, 0.4) is 0 Å². The average molecular weight is 461 g/mol. The number of hydrogen-bond donors (Lipinski definition) is 2. The monoisotopic (exact) mass is 460 g/mol. The van der Waals surface area contributed by atoms with Crippen molar-refractivity contribution in [3.8, 4) is 5.75 Å². The summed E-state index contributed by atoms with van der Waals surface area (Å²) >= 11 is 0. The Morgan fingerprint density at radius 2 is 1.53 bits per heavy atom. The smallest absolute Gasteiger partial charge is 0.317 e. The molecule has 1 aliphatic heterocycles. The standard InChI is InChI=1S/C23H32N4O4S/c1-24-32(29,30)18-21-5-3-20(4-6-21)17-25-23(28)27-15-13-26(14-16-27)12-11-19-7-9-22(31-2)10-8-19/h3-10,24H,11-18H2,1-2H3,(H,25,28). The van der Waals surface area contributed by atoms with Crippen molar-refractivity contribution in [2.75, 3.05) is 46.9 Å². The first kappa shape index (κ1) is 24.0. The van der Waals surface area contributed by atoms with Gasteiger partial charge < -0.3 is 15.0 Å². The molecular weight excluding hydrogens is 428 g/mol. The number of sulfonamides is 1. The Morgan fingerprint density at radius 1 is 0.938 bits per heavy atom. The number of nitrogens with zero attached hydrogens (tertiary/aromatic N) is 2. The Hall–Kier alpha value is -2.62. The number of carbonyl (C=O) groups is 1. The number of benzene rings is 2. The number of nitrogens with one attached hydrogen (secondary N) is 2. The fourth-order valence-electron chi connectivity index (χ4n) is 3.59. The average Bonchev–Trinajstić information content (AvgIpc) is 2.82. The van der Waals surface area contributed by atoms with Gasteiger partial charge >= 0.3 is 6.03 Å². The Bertz CT molecular complexity index is 970. The van der Waals surface area contributed by atoms with Crippen LogP contribution in [-0.2, 0) is 28.7 Å². The van der Waals surface area contributed by atoms with E-state index in [-0.39, 0.29) is 11.8 Å². The summed E-state index contributed by atoms with van der Waals surface area (Å²) in [6, 6.07) is 15.3. The third-order valence-electron chi connectivity index (χ3n) is 5.67. The largest absolute Gasteiger partial charge is 0.497 e. The van der Waals surface area contributed by atoms with Gasteiger partial charge in [-0.05, 0) is 42.3 Å². The van der Waals surface area contributed by atoms with Crippen LogP contribution in [0.15, 0.2) is 48.5 Å². The normalized spacial score (nSPS) is 14.9. The maximum atomic E-state index is 12.5. The molecule has 2 N–H and O–H groups in total. The highest BCUT2D eigenvalue weighted by molar-refractivity contribution is 7.88. The minimum Gasteiger partial charge on any atom is -0.497 e. The van der Waals surface area contributed by atoms with E-state index in [9.17, 15) is 13.2 Å². The van der Waals surface area contributed by atoms with Crippen molar-refractivity contribution < 1.29 is 17.9 Å². The molecule has 0 aromatic heterocycles. The van der Waals surface area contributed by atoms with Gasteiger partial charge in [0.05, 0.1) is 12.9 Å². The molecule has 3 rings (SSSR count). The molecule has 2 aromatic carbocycles. The number of hydrogen-bond acceptors (Lipinski definition) is 5. The molecule has 0 aliphatic carbocycles. The second-order valence-corrected chi connectivity index (χ2v) is 9.79. The molecule has 1 saturated heterocycles. The summed E-state index contributed by atoms with van der Waals surface area (Å²) in [5, 5.41) is 2.96. The molecule has 2 aromatic rings. The quantitative estimate of drug-likeness (QED) is 0.596. The van der Waals surface area contributed by atoms with Crippen molar-refractivity contribution in [3.63, 3.8) is 0 Å². The lowest BCUT2D eigenvalue weighted by molar-refractivity contribution is 0.140. The Labute approximate surface area is 190 Å². The summed E-state index contributed by atoms with van der Waals surface area (Å²) in [6.07, 6.45) is 0.974. The minimum atomic E-state index is -3.29. The summed E-state index contributed by atoms with van der Waals surface area (Å²) in [5.41, 5.74) is 2.92. The van der Waals surface area contributed by atoms with E-state index in [0.29, 0.717) is 25.2 Å². The third-order valence-corrected chi connectivity index (χ3v) is 7.01.